The Morgan fingerprint density at radius 3 is 1.57 bits per heavy atom. The summed E-state index contributed by atoms with van der Waals surface area (Å²) < 4.78 is 5.22. The molecule has 1 fully saturated rings. The van der Waals surface area contributed by atoms with E-state index >= 15 is 0 Å². The highest BCUT2D eigenvalue weighted by Crippen LogP contribution is 2.69. The standard InChI is InChI=1S/C34H23Cl2NO5/c1-19-10-12-20(13-11-19)27(38)18-42-32(41)21-14-16-22(17-15-21)37-30(39)28-29(31(37)40)34(36)24-7-3-2-6-23(24)33(28,35)25-8-4-5-9-26(25)34/h2-17,28-29H,18H2,1H3/t28-,29+,33?,34?. The van der Waals surface area contributed by atoms with Crippen LogP contribution in [0.15, 0.2) is 97.1 Å². The summed E-state index contributed by atoms with van der Waals surface area (Å²) in [5, 5.41) is 0. The number of hydrogen-bond donors (Lipinski definition) is 0. The van der Waals surface area contributed by atoms with Gasteiger partial charge in [-0.05, 0) is 53.4 Å². The Kier molecular flexibility index (Phi) is 5.95. The van der Waals surface area contributed by atoms with Crippen LogP contribution in [0.3, 0.4) is 0 Å². The lowest BCUT2D eigenvalue weighted by atomic mass is 9.54. The van der Waals surface area contributed by atoms with Gasteiger partial charge in [0.1, 0.15) is 9.75 Å². The van der Waals surface area contributed by atoms with Crippen LogP contribution in [0.5, 0.6) is 0 Å². The molecule has 0 spiro atoms. The lowest BCUT2D eigenvalue weighted by Gasteiger charge is -2.54. The Labute approximate surface area is 251 Å². The molecule has 0 unspecified atom stereocenters. The van der Waals surface area contributed by atoms with E-state index in [-0.39, 0.29) is 11.3 Å². The summed E-state index contributed by atoms with van der Waals surface area (Å²) in [6.07, 6.45) is 0. The maximum Gasteiger partial charge on any atom is 0.338 e. The maximum atomic E-state index is 14.1. The van der Waals surface area contributed by atoms with Gasteiger partial charge in [0.15, 0.2) is 12.4 Å². The minimum absolute atomic E-state index is 0.175. The first kappa shape index (κ1) is 26.6. The Morgan fingerprint density at radius 2 is 1.12 bits per heavy atom. The highest BCUT2D eigenvalue weighted by molar-refractivity contribution is 6.38. The zero-order valence-corrected chi connectivity index (χ0v) is 23.9. The molecular formula is C34H23Cl2NO5. The second kappa shape index (κ2) is 9.38. The van der Waals surface area contributed by atoms with Crippen molar-refractivity contribution in [3.63, 3.8) is 0 Å². The van der Waals surface area contributed by atoms with E-state index in [0.717, 1.165) is 32.7 Å². The van der Waals surface area contributed by atoms with E-state index in [1.54, 1.807) is 12.1 Å². The number of Topliss-reactive ketones (excluding diaryl/α,β-unsaturated/α-hetero) is 1. The van der Waals surface area contributed by atoms with Crippen molar-refractivity contribution in [1.82, 2.24) is 0 Å². The Balaban J connectivity index is 1.18. The van der Waals surface area contributed by atoms with Crippen LogP contribution in [0.4, 0.5) is 5.69 Å². The molecule has 4 aromatic carbocycles. The third-order valence-electron chi connectivity index (χ3n) is 8.65. The quantitative estimate of drug-likeness (QED) is 0.120. The summed E-state index contributed by atoms with van der Waals surface area (Å²) in [5.74, 6) is -3.77. The molecule has 2 bridgehead atoms. The van der Waals surface area contributed by atoms with Gasteiger partial charge in [0.25, 0.3) is 0 Å². The fraction of sp³-hybridized carbons (Fsp3) is 0.176. The number of aryl methyl sites for hydroxylation is 1. The van der Waals surface area contributed by atoms with Crippen LogP contribution in [-0.4, -0.2) is 30.2 Å². The number of ketones is 1. The van der Waals surface area contributed by atoms with Gasteiger partial charge in [0.2, 0.25) is 11.8 Å². The summed E-state index contributed by atoms with van der Waals surface area (Å²) in [7, 11) is 0. The molecule has 4 aliphatic rings. The molecule has 0 N–H and O–H groups in total. The summed E-state index contributed by atoms with van der Waals surface area (Å²) >= 11 is 14.9. The largest absolute Gasteiger partial charge is 0.454 e. The first-order valence-electron chi connectivity index (χ1n) is 13.5. The number of carbonyl (C=O) groups is 4. The maximum absolute atomic E-state index is 14.1. The van der Waals surface area contributed by atoms with Crippen molar-refractivity contribution < 1.29 is 23.9 Å². The molecule has 4 aromatic rings. The SMILES string of the molecule is Cc1ccc(C(=O)COC(=O)c2ccc(N3C(=O)[C@@H]4[C@H](C3=O)C3(Cl)c5ccccc5C4(Cl)c4ccccc43)cc2)cc1. The number of hydrogen-bond acceptors (Lipinski definition) is 5. The number of imide groups is 1. The van der Waals surface area contributed by atoms with Gasteiger partial charge >= 0.3 is 5.97 Å². The van der Waals surface area contributed by atoms with Crippen molar-refractivity contribution in [2.75, 3.05) is 11.5 Å². The van der Waals surface area contributed by atoms with E-state index in [1.807, 2.05) is 67.6 Å². The number of amides is 2. The van der Waals surface area contributed by atoms with E-state index in [0.29, 0.717) is 11.3 Å². The zero-order chi connectivity index (χ0) is 29.4. The molecule has 0 saturated carbocycles. The average molecular weight is 596 g/mol. The van der Waals surface area contributed by atoms with Gasteiger partial charge in [-0.2, -0.15) is 0 Å². The van der Waals surface area contributed by atoms with Crippen LogP contribution in [0, 0.1) is 18.8 Å². The molecule has 1 aliphatic heterocycles. The highest BCUT2D eigenvalue weighted by Gasteiger charge is 2.73. The molecule has 2 amide bonds. The second-order valence-corrected chi connectivity index (χ2v) is 12.1. The van der Waals surface area contributed by atoms with Gasteiger partial charge in [0.05, 0.1) is 23.1 Å². The molecule has 3 aliphatic carbocycles. The third-order valence-corrected chi connectivity index (χ3v) is 9.94. The topological polar surface area (TPSA) is 80.8 Å². The third kappa shape index (κ3) is 3.52. The van der Waals surface area contributed by atoms with Gasteiger partial charge in [0, 0.05) is 5.56 Å². The molecular weight excluding hydrogens is 573 g/mol. The number of benzene rings is 4. The Hall–Kier alpha value is -4.26. The van der Waals surface area contributed by atoms with Crippen LogP contribution in [0.2, 0.25) is 0 Å². The van der Waals surface area contributed by atoms with Gasteiger partial charge in [-0.1, -0.05) is 78.4 Å². The zero-order valence-electron chi connectivity index (χ0n) is 22.3. The lowest BCUT2D eigenvalue weighted by molar-refractivity contribution is -0.122. The normalized spacial score (nSPS) is 25.1. The van der Waals surface area contributed by atoms with Crippen LogP contribution in [0.1, 0.15) is 48.5 Å². The van der Waals surface area contributed by atoms with Gasteiger partial charge in [-0.15, -0.1) is 23.2 Å². The predicted octanol–water partition coefficient (Wildman–Crippen LogP) is 6.13. The fourth-order valence-electron chi connectivity index (χ4n) is 6.71. The molecule has 2 atom stereocenters. The summed E-state index contributed by atoms with van der Waals surface area (Å²) in [4.78, 5) is 51.8. The molecule has 42 heavy (non-hydrogen) atoms. The van der Waals surface area contributed by atoms with E-state index in [2.05, 4.69) is 0 Å². The van der Waals surface area contributed by atoms with Gasteiger partial charge in [-0.3, -0.25) is 14.4 Å². The average Bonchev–Trinajstić information content (AvgIpc) is 3.29. The second-order valence-electron chi connectivity index (χ2n) is 10.9. The molecule has 208 valence electrons. The van der Waals surface area contributed by atoms with Crippen molar-refractivity contribution >= 4 is 52.5 Å². The first-order chi connectivity index (χ1) is 20.2. The molecule has 0 radical (unpaired) electrons. The van der Waals surface area contributed by atoms with Crippen LogP contribution >= 0.6 is 23.2 Å². The van der Waals surface area contributed by atoms with Crippen molar-refractivity contribution in [3.05, 3.63) is 136 Å². The summed E-state index contributed by atoms with van der Waals surface area (Å²) in [6, 6.07) is 27.8. The van der Waals surface area contributed by atoms with E-state index in [9.17, 15) is 19.2 Å². The monoisotopic (exact) mass is 595 g/mol. The van der Waals surface area contributed by atoms with E-state index in [4.69, 9.17) is 27.9 Å². The summed E-state index contributed by atoms with van der Waals surface area (Å²) in [5.41, 5.74) is 4.83. The lowest BCUT2D eigenvalue weighted by Crippen LogP contribution is -2.57. The van der Waals surface area contributed by atoms with Crippen LogP contribution in [-0.2, 0) is 24.1 Å². The number of anilines is 1. The molecule has 0 aromatic heterocycles. The highest BCUT2D eigenvalue weighted by atomic mass is 35.5. The van der Waals surface area contributed by atoms with Crippen molar-refractivity contribution in [2.45, 2.75) is 16.7 Å². The number of rotatable bonds is 5. The van der Waals surface area contributed by atoms with Crippen molar-refractivity contribution in [3.8, 4) is 0 Å². The first-order valence-corrected chi connectivity index (χ1v) is 14.3. The number of esters is 1. The number of nitrogens with zero attached hydrogens (tertiary/aromatic N) is 1. The smallest absolute Gasteiger partial charge is 0.338 e. The number of halogens is 2. The van der Waals surface area contributed by atoms with Gasteiger partial charge < -0.3 is 4.74 Å². The van der Waals surface area contributed by atoms with Crippen molar-refractivity contribution in [1.29, 1.82) is 0 Å². The van der Waals surface area contributed by atoms with Gasteiger partial charge in [-0.25, -0.2) is 9.69 Å². The van der Waals surface area contributed by atoms with Crippen LogP contribution in [0.25, 0.3) is 0 Å². The fourth-order valence-corrected chi connectivity index (χ4v) is 7.80. The minimum atomic E-state index is -1.27. The number of ether oxygens (including phenoxy) is 1. The number of alkyl halides is 2. The molecule has 8 heteroatoms. The van der Waals surface area contributed by atoms with Crippen molar-refractivity contribution in [2.24, 2.45) is 11.8 Å². The van der Waals surface area contributed by atoms with Crippen LogP contribution < -0.4 is 4.90 Å². The predicted molar refractivity (Wildman–Crippen MR) is 158 cm³/mol. The van der Waals surface area contributed by atoms with E-state index < -0.39 is 46.0 Å². The van der Waals surface area contributed by atoms with E-state index in [1.165, 1.54) is 24.3 Å². The molecule has 6 nitrogen and oxygen atoms in total. The minimum Gasteiger partial charge on any atom is -0.454 e. The molecule has 1 saturated heterocycles. The Bertz CT molecular complexity index is 1690. The molecule has 1 heterocycles. The molecule has 8 rings (SSSR count). The summed E-state index contributed by atoms with van der Waals surface area (Å²) in [6.45, 7) is 1.51. The number of carbonyl (C=O) groups excluding carboxylic acids is 4. The Morgan fingerprint density at radius 1 is 0.690 bits per heavy atom.